The molecule has 0 atom stereocenters. The fraction of sp³-hybridized carbons (Fsp3) is 0.250. The molecule has 0 aromatic rings. The summed E-state index contributed by atoms with van der Waals surface area (Å²) < 4.78 is 4.08. The average molecular weight is 179 g/mol. The van der Waals surface area contributed by atoms with Crippen LogP contribution in [-0.2, 0) is 14.3 Å². The Morgan fingerprint density at radius 3 is 1.82 bits per heavy atom. The third-order valence-corrected chi connectivity index (χ3v) is 0.779. The number of nitrogens with two attached hydrogens (primary N) is 1. The van der Waals surface area contributed by atoms with Gasteiger partial charge in [-0.3, -0.25) is 0 Å². The smallest absolute Gasteiger partial charge is 0.356 e. The summed E-state index contributed by atoms with van der Waals surface area (Å²) >= 11 is 4.14. The summed E-state index contributed by atoms with van der Waals surface area (Å²) in [7, 11) is 0. The molecule has 6 nitrogen and oxygen atoms in total. The molecule has 4 N–H and O–H groups in total. The molecule has 11 heavy (non-hydrogen) atoms. The standard InChI is InChI=1S/C4H5NO5S/c5-4(11)10-1(2(6)7)3(8)9/h1H,(H2,5,11)(H,6,7)(H,8,9). The first-order valence-corrected chi connectivity index (χ1v) is 2.77. The van der Waals surface area contributed by atoms with Gasteiger partial charge in [0.1, 0.15) is 0 Å². The van der Waals surface area contributed by atoms with Gasteiger partial charge in [0, 0.05) is 0 Å². The van der Waals surface area contributed by atoms with Crippen molar-refractivity contribution in [1.29, 1.82) is 0 Å². The first-order valence-electron chi connectivity index (χ1n) is 2.37. The lowest BCUT2D eigenvalue weighted by Crippen LogP contribution is -2.36. The Bertz CT molecular complexity index is 189. The number of carboxylic acids is 2. The van der Waals surface area contributed by atoms with Crippen molar-refractivity contribution in [1.82, 2.24) is 0 Å². The third-order valence-electron chi connectivity index (χ3n) is 0.683. The van der Waals surface area contributed by atoms with Crippen molar-refractivity contribution >= 4 is 29.3 Å². The second-order valence-corrected chi connectivity index (χ2v) is 1.90. The predicted octanol–water partition coefficient (Wildman–Crippen LogP) is -1.22. The van der Waals surface area contributed by atoms with Gasteiger partial charge >= 0.3 is 11.9 Å². The summed E-state index contributed by atoms with van der Waals surface area (Å²) in [4.78, 5) is 20.1. The summed E-state index contributed by atoms with van der Waals surface area (Å²) in [5.74, 6) is -3.30. The highest BCUT2D eigenvalue weighted by molar-refractivity contribution is 7.80. The van der Waals surface area contributed by atoms with Gasteiger partial charge in [-0.25, -0.2) is 9.59 Å². The maximum Gasteiger partial charge on any atom is 0.356 e. The number of carbonyl (C=O) groups is 2. The van der Waals surface area contributed by atoms with Gasteiger partial charge in [0.05, 0.1) is 0 Å². The molecule has 0 saturated heterocycles. The molecular weight excluding hydrogens is 174 g/mol. The van der Waals surface area contributed by atoms with Crippen molar-refractivity contribution in [3.05, 3.63) is 0 Å². The van der Waals surface area contributed by atoms with E-state index in [4.69, 9.17) is 15.9 Å². The first kappa shape index (κ1) is 9.63. The Labute approximate surface area is 66.6 Å². The van der Waals surface area contributed by atoms with E-state index in [1.807, 2.05) is 0 Å². The maximum absolute atomic E-state index is 10.1. The molecule has 0 aliphatic rings. The van der Waals surface area contributed by atoms with Crippen LogP contribution in [0.5, 0.6) is 0 Å². The van der Waals surface area contributed by atoms with Crippen molar-refractivity contribution < 1.29 is 24.5 Å². The minimum Gasteiger partial charge on any atom is -0.478 e. The molecule has 0 aromatic heterocycles. The fourth-order valence-electron chi connectivity index (χ4n) is 0.323. The second kappa shape index (κ2) is 3.71. The average Bonchev–Trinajstić information content (AvgIpc) is 1.81. The van der Waals surface area contributed by atoms with Gasteiger partial charge in [0.2, 0.25) is 0 Å². The van der Waals surface area contributed by atoms with Crippen LogP contribution in [0.4, 0.5) is 0 Å². The molecule has 0 radical (unpaired) electrons. The van der Waals surface area contributed by atoms with Crippen LogP contribution in [0.15, 0.2) is 0 Å². The Morgan fingerprint density at radius 2 is 1.73 bits per heavy atom. The van der Waals surface area contributed by atoms with E-state index < -0.39 is 23.2 Å². The quantitative estimate of drug-likeness (QED) is 0.368. The van der Waals surface area contributed by atoms with Crippen LogP contribution >= 0.6 is 12.2 Å². The molecule has 0 saturated carbocycles. The van der Waals surface area contributed by atoms with Crippen LogP contribution in [0.25, 0.3) is 0 Å². The molecular formula is C4H5NO5S. The number of ether oxygens (including phenoxy) is 1. The largest absolute Gasteiger partial charge is 0.478 e. The topological polar surface area (TPSA) is 110 Å². The Hall–Kier alpha value is -1.37. The van der Waals surface area contributed by atoms with E-state index in [0.29, 0.717) is 0 Å². The Morgan fingerprint density at radius 1 is 1.36 bits per heavy atom. The molecule has 7 heteroatoms. The third kappa shape index (κ3) is 3.36. The van der Waals surface area contributed by atoms with E-state index >= 15 is 0 Å². The van der Waals surface area contributed by atoms with Crippen molar-refractivity contribution in [2.75, 3.05) is 0 Å². The van der Waals surface area contributed by atoms with Crippen LogP contribution in [0, 0.1) is 0 Å². The zero-order valence-electron chi connectivity index (χ0n) is 5.18. The van der Waals surface area contributed by atoms with E-state index in [1.165, 1.54) is 0 Å². The van der Waals surface area contributed by atoms with Crippen LogP contribution in [0.1, 0.15) is 0 Å². The molecule has 0 fully saturated rings. The fourth-order valence-corrected chi connectivity index (χ4v) is 0.419. The van der Waals surface area contributed by atoms with Crippen LogP contribution in [-0.4, -0.2) is 33.4 Å². The Kier molecular flexibility index (Phi) is 3.25. The van der Waals surface area contributed by atoms with Crippen molar-refractivity contribution in [3.63, 3.8) is 0 Å². The molecule has 0 unspecified atom stereocenters. The van der Waals surface area contributed by atoms with Crippen molar-refractivity contribution in [3.8, 4) is 0 Å². The minimum atomic E-state index is -2.02. The van der Waals surface area contributed by atoms with Gasteiger partial charge in [0.25, 0.3) is 11.3 Å². The lowest BCUT2D eigenvalue weighted by molar-refractivity contribution is -0.159. The van der Waals surface area contributed by atoms with Gasteiger partial charge in [-0.15, -0.1) is 0 Å². The van der Waals surface area contributed by atoms with Crippen LogP contribution < -0.4 is 5.73 Å². The van der Waals surface area contributed by atoms with Gasteiger partial charge in [-0.2, -0.15) is 0 Å². The molecule has 0 amide bonds. The summed E-state index contributed by atoms with van der Waals surface area (Å²) in [6.07, 6.45) is -2.02. The first-order chi connectivity index (χ1) is 4.95. The number of hydrogen-bond donors (Lipinski definition) is 3. The normalized spacial score (nSPS) is 9.18. The van der Waals surface area contributed by atoms with Gasteiger partial charge in [-0.1, -0.05) is 0 Å². The monoisotopic (exact) mass is 179 g/mol. The minimum absolute atomic E-state index is 0.611. The molecule has 0 rings (SSSR count). The highest BCUT2D eigenvalue weighted by atomic mass is 32.1. The van der Waals surface area contributed by atoms with Gasteiger partial charge in [-0.05, 0) is 12.2 Å². The number of hydrogen-bond acceptors (Lipinski definition) is 4. The summed E-state index contributed by atoms with van der Waals surface area (Å²) in [5.41, 5.74) is 4.75. The molecule has 0 spiro atoms. The van der Waals surface area contributed by atoms with E-state index in [-0.39, 0.29) is 0 Å². The molecule has 0 aliphatic carbocycles. The zero-order valence-corrected chi connectivity index (χ0v) is 6.00. The molecule has 0 aromatic carbocycles. The lowest BCUT2D eigenvalue weighted by atomic mass is 10.4. The van der Waals surface area contributed by atoms with Crippen molar-refractivity contribution in [2.24, 2.45) is 5.73 Å². The number of thiocarbonyl (C=S) groups is 1. The molecule has 0 bridgehead atoms. The zero-order chi connectivity index (χ0) is 9.02. The number of carboxylic acid groups (broad SMARTS) is 2. The summed E-state index contributed by atoms with van der Waals surface area (Å²) in [6.45, 7) is 0. The highest BCUT2D eigenvalue weighted by Crippen LogP contribution is 1.92. The summed E-state index contributed by atoms with van der Waals surface area (Å²) in [6, 6.07) is 0. The highest BCUT2D eigenvalue weighted by Gasteiger charge is 2.27. The van der Waals surface area contributed by atoms with Crippen LogP contribution in [0.2, 0.25) is 0 Å². The predicted molar refractivity (Wildman–Crippen MR) is 36.9 cm³/mol. The van der Waals surface area contributed by atoms with E-state index in [0.717, 1.165) is 0 Å². The summed E-state index contributed by atoms with van der Waals surface area (Å²) in [5, 5.41) is 15.7. The van der Waals surface area contributed by atoms with Gasteiger partial charge in [0.15, 0.2) is 0 Å². The Balaban J connectivity index is 4.23. The number of aliphatic carboxylic acids is 2. The van der Waals surface area contributed by atoms with Crippen molar-refractivity contribution in [2.45, 2.75) is 6.10 Å². The molecule has 0 heterocycles. The lowest BCUT2D eigenvalue weighted by Gasteiger charge is -2.07. The SMILES string of the molecule is NC(=S)OC(C(=O)O)C(=O)O. The molecule has 62 valence electrons. The van der Waals surface area contributed by atoms with E-state index in [1.54, 1.807) is 0 Å². The van der Waals surface area contributed by atoms with Gasteiger partial charge < -0.3 is 20.7 Å². The van der Waals surface area contributed by atoms with E-state index in [2.05, 4.69) is 17.0 Å². The van der Waals surface area contributed by atoms with Crippen LogP contribution in [0.3, 0.4) is 0 Å². The maximum atomic E-state index is 10.1. The van der Waals surface area contributed by atoms with E-state index in [9.17, 15) is 9.59 Å². The number of rotatable bonds is 3. The molecule has 0 aliphatic heterocycles. The second-order valence-electron chi connectivity index (χ2n) is 1.49.